The average Bonchev–Trinajstić information content (AvgIpc) is 2.70. The number of carbonyl (C=O) groups is 1. The number of carbonyl (C=O) groups excluding carboxylic acids is 1. The van der Waals surface area contributed by atoms with Crippen LogP contribution < -0.4 is 5.32 Å². The predicted molar refractivity (Wildman–Crippen MR) is 69.1 cm³/mol. The van der Waals surface area contributed by atoms with Gasteiger partial charge in [-0.05, 0) is 36.2 Å². The first kappa shape index (κ1) is 12.3. The summed E-state index contributed by atoms with van der Waals surface area (Å²) in [6.45, 7) is 1.87. The Morgan fingerprint density at radius 1 is 1.35 bits per heavy atom. The van der Waals surface area contributed by atoms with E-state index in [1.807, 2.05) is 13.0 Å². The molecule has 0 aliphatic carbocycles. The van der Waals surface area contributed by atoms with Crippen LogP contribution in [0.4, 0.5) is 5.69 Å². The van der Waals surface area contributed by atoms with Crippen molar-refractivity contribution in [1.29, 1.82) is 0 Å². The Labute approximate surface area is 112 Å². The van der Waals surface area contributed by atoms with Crippen LogP contribution in [0.3, 0.4) is 0 Å². The minimum absolute atomic E-state index is 0.217. The first-order valence-corrected chi connectivity index (χ1v) is 6.20. The molecule has 0 aliphatic rings. The maximum Gasteiger partial charge on any atom is 0.286 e. The molecule has 2 rings (SSSR count). The van der Waals surface area contributed by atoms with Gasteiger partial charge in [-0.3, -0.25) is 4.79 Å². The zero-order valence-electron chi connectivity index (χ0n) is 8.70. The van der Waals surface area contributed by atoms with Crippen molar-refractivity contribution < 1.29 is 4.79 Å². The topological polar surface area (TPSA) is 54.9 Å². The van der Waals surface area contributed by atoms with E-state index in [0.717, 1.165) is 16.9 Å². The van der Waals surface area contributed by atoms with E-state index in [1.165, 1.54) is 0 Å². The summed E-state index contributed by atoms with van der Waals surface area (Å²) in [5.74, 6) is -0.347. The zero-order valence-corrected chi connectivity index (χ0v) is 11.0. The highest BCUT2D eigenvalue weighted by Crippen LogP contribution is 2.22. The summed E-state index contributed by atoms with van der Waals surface area (Å²) >= 11 is 12.5. The Morgan fingerprint density at radius 2 is 2.12 bits per heavy atom. The zero-order chi connectivity index (χ0) is 12.4. The number of benzene rings is 1. The van der Waals surface area contributed by atoms with Crippen LogP contribution in [-0.2, 0) is 0 Å². The molecule has 17 heavy (non-hydrogen) atoms. The third-order valence-corrected chi connectivity index (χ3v) is 3.30. The molecule has 4 nitrogen and oxygen atoms in total. The minimum atomic E-state index is -0.347. The van der Waals surface area contributed by atoms with Gasteiger partial charge in [-0.15, -0.1) is 10.2 Å². The second-order valence-electron chi connectivity index (χ2n) is 3.27. The molecule has 1 aromatic heterocycles. The lowest BCUT2D eigenvalue weighted by atomic mass is 10.2. The monoisotopic (exact) mass is 287 g/mol. The van der Waals surface area contributed by atoms with Gasteiger partial charge in [0.05, 0.1) is 0 Å². The summed E-state index contributed by atoms with van der Waals surface area (Å²) in [4.78, 5) is 11.8. The molecule has 0 unspecified atom stereocenters. The summed E-state index contributed by atoms with van der Waals surface area (Å²) in [7, 11) is 0. The number of aryl methyl sites for hydroxylation is 1. The van der Waals surface area contributed by atoms with E-state index >= 15 is 0 Å². The molecule has 7 heteroatoms. The van der Waals surface area contributed by atoms with Crippen LogP contribution >= 0.6 is 34.5 Å². The molecule has 88 valence electrons. The summed E-state index contributed by atoms with van der Waals surface area (Å²) < 4.78 is 0.234. The molecule has 1 heterocycles. The molecule has 1 aromatic carbocycles. The first-order chi connectivity index (χ1) is 8.06. The SMILES string of the molecule is Cc1ccc(Cl)cc1NC(=O)c1nnc(Cl)s1. The molecule has 0 radical (unpaired) electrons. The molecule has 0 aliphatic heterocycles. The lowest BCUT2D eigenvalue weighted by Crippen LogP contribution is -2.12. The molecule has 1 amide bonds. The van der Waals surface area contributed by atoms with Gasteiger partial charge in [-0.25, -0.2) is 0 Å². The Morgan fingerprint density at radius 3 is 2.76 bits per heavy atom. The van der Waals surface area contributed by atoms with Gasteiger partial charge in [-0.1, -0.05) is 29.0 Å². The van der Waals surface area contributed by atoms with Crippen molar-refractivity contribution >= 4 is 46.1 Å². The van der Waals surface area contributed by atoms with Crippen LogP contribution in [0.25, 0.3) is 0 Å². The van der Waals surface area contributed by atoms with Crippen molar-refractivity contribution in [2.75, 3.05) is 5.32 Å². The lowest BCUT2D eigenvalue weighted by Gasteiger charge is -2.06. The van der Waals surface area contributed by atoms with Crippen LogP contribution in [0.15, 0.2) is 18.2 Å². The van der Waals surface area contributed by atoms with Gasteiger partial charge >= 0.3 is 0 Å². The van der Waals surface area contributed by atoms with Gasteiger partial charge in [0, 0.05) is 10.7 Å². The fraction of sp³-hybridized carbons (Fsp3) is 0.100. The number of halogens is 2. The summed E-state index contributed by atoms with van der Waals surface area (Å²) in [5, 5.41) is 10.7. The average molecular weight is 288 g/mol. The molecular weight excluding hydrogens is 281 g/mol. The third kappa shape index (κ3) is 2.94. The van der Waals surface area contributed by atoms with Crippen molar-refractivity contribution in [2.45, 2.75) is 6.92 Å². The van der Waals surface area contributed by atoms with E-state index in [2.05, 4.69) is 15.5 Å². The summed E-state index contributed by atoms with van der Waals surface area (Å²) in [6, 6.07) is 5.26. The van der Waals surface area contributed by atoms with Gasteiger partial charge in [0.25, 0.3) is 5.91 Å². The Kier molecular flexibility index (Phi) is 3.61. The predicted octanol–water partition coefficient (Wildman–Crippen LogP) is 3.41. The van der Waals surface area contributed by atoms with Crippen LogP contribution in [0.2, 0.25) is 9.49 Å². The molecule has 0 saturated carbocycles. The number of aromatic nitrogens is 2. The molecule has 0 atom stereocenters. The van der Waals surface area contributed by atoms with Crippen LogP contribution in [0.1, 0.15) is 15.4 Å². The van der Waals surface area contributed by atoms with Crippen molar-refractivity contribution in [2.24, 2.45) is 0 Å². The molecule has 0 fully saturated rings. The molecule has 0 bridgehead atoms. The second kappa shape index (κ2) is 5.00. The minimum Gasteiger partial charge on any atom is -0.320 e. The van der Waals surface area contributed by atoms with E-state index in [-0.39, 0.29) is 15.4 Å². The number of hydrogen-bond acceptors (Lipinski definition) is 4. The van der Waals surface area contributed by atoms with Crippen molar-refractivity contribution in [1.82, 2.24) is 10.2 Å². The van der Waals surface area contributed by atoms with Gasteiger partial charge < -0.3 is 5.32 Å². The largest absolute Gasteiger partial charge is 0.320 e. The first-order valence-electron chi connectivity index (χ1n) is 4.63. The molecule has 0 spiro atoms. The standard InChI is InChI=1S/C10H7Cl2N3OS/c1-5-2-3-6(11)4-7(5)13-8(16)9-14-15-10(12)17-9/h2-4H,1H3,(H,13,16). The number of nitrogens with zero attached hydrogens (tertiary/aromatic N) is 2. The highest BCUT2D eigenvalue weighted by atomic mass is 35.5. The van der Waals surface area contributed by atoms with E-state index in [1.54, 1.807) is 12.1 Å². The maximum absolute atomic E-state index is 11.8. The summed E-state index contributed by atoms with van der Waals surface area (Å²) in [6.07, 6.45) is 0. The van der Waals surface area contributed by atoms with Crippen LogP contribution in [0.5, 0.6) is 0 Å². The number of nitrogens with one attached hydrogen (secondary N) is 1. The highest BCUT2D eigenvalue weighted by molar-refractivity contribution is 7.17. The highest BCUT2D eigenvalue weighted by Gasteiger charge is 2.13. The Bertz CT molecular complexity index is 570. The number of anilines is 1. The molecule has 1 N–H and O–H groups in total. The number of hydrogen-bond donors (Lipinski definition) is 1. The lowest BCUT2D eigenvalue weighted by molar-refractivity contribution is 0.102. The fourth-order valence-corrected chi connectivity index (χ4v) is 2.10. The normalized spacial score (nSPS) is 10.3. The fourth-order valence-electron chi connectivity index (χ4n) is 1.20. The van der Waals surface area contributed by atoms with E-state index < -0.39 is 0 Å². The molecule has 0 saturated heterocycles. The Hall–Kier alpha value is -1.17. The maximum atomic E-state index is 11.8. The number of rotatable bonds is 2. The van der Waals surface area contributed by atoms with E-state index in [4.69, 9.17) is 23.2 Å². The third-order valence-electron chi connectivity index (χ3n) is 2.04. The Balaban J connectivity index is 2.21. The summed E-state index contributed by atoms with van der Waals surface area (Å²) in [5.41, 5.74) is 1.56. The van der Waals surface area contributed by atoms with Crippen molar-refractivity contribution in [3.05, 3.63) is 38.3 Å². The van der Waals surface area contributed by atoms with E-state index in [9.17, 15) is 4.79 Å². The quantitative estimate of drug-likeness (QED) is 0.921. The molecule has 2 aromatic rings. The number of amides is 1. The second-order valence-corrected chi connectivity index (χ2v) is 5.27. The van der Waals surface area contributed by atoms with E-state index in [0.29, 0.717) is 10.7 Å². The molecular formula is C10H7Cl2N3OS. The van der Waals surface area contributed by atoms with Gasteiger partial charge in [0.15, 0.2) is 0 Å². The van der Waals surface area contributed by atoms with Gasteiger partial charge in [0.1, 0.15) is 0 Å². The smallest absolute Gasteiger partial charge is 0.286 e. The van der Waals surface area contributed by atoms with Gasteiger partial charge in [-0.2, -0.15) is 0 Å². The van der Waals surface area contributed by atoms with Crippen LogP contribution in [-0.4, -0.2) is 16.1 Å². The van der Waals surface area contributed by atoms with Gasteiger partial charge in [0.2, 0.25) is 9.47 Å². The van der Waals surface area contributed by atoms with Crippen molar-refractivity contribution in [3.63, 3.8) is 0 Å². The van der Waals surface area contributed by atoms with Crippen LogP contribution in [0, 0.1) is 6.92 Å². The van der Waals surface area contributed by atoms with Crippen molar-refractivity contribution in [3.8, 4) is 0 Å².